The second-order valence-corrected chi connectivity index (χ2v) is 11.1. The van der Waals surface area contributed by atoms with Crippen LogP contribution in [0.2, 0.25) is 15.1 Å². The highest BCUT2D eigenvalue weighted by Crippen LogP contribution is 2.36. The van der Waals surface area contributed by atoms with Gasteiger partial charge in [-0.25, -0.2) is 4.79 Å². The van der Waals surface area contributed by atoms with E-state index in [4.69, 9.17) is 34.8 Å². The van der Waals surface area contributed by atoms with Crippen LogP contribution >= 0.6 is 34.8 Å². The molecule has 5 rings (SSSR count). The van der Waals surface area contributed by atoms with E-state index >= 15 is 0 Å². The molecule has 1 unspecified atom stereocenters. The van der Waals surface area contributed by atoms with E-state index in [1.807, 2.05) is 6.07 Å². The summed E-state index contributed by atoms with van der Waals surface area (Å²) in [6.45, 7) is 2.45. The summed E-state index contributed by atoms with van der Waals surface area (Å²) in [4.78, 5) is 32.4. The summed E-state index contributed by atoms with van der Waals surface area (Å²) in [5, 5.41) is 15.1. The summed E-state index contributed by atoms with van der Waals surface area (Å²) in [6.07, 6.45) is 5.21. The van der Waals surface area contributed by atoms with Crippen LogP contribution < -0.4 is 5.32 Å². The third-order valence-corrected chi connectivity index (χ3v) is 8.80. The van der Waals surface area contributed by atoms with Crippen molar-refractivity contribution in [2.24, 2.45) is 5.92 Å². The first kappa shape index (κ1) is 26.2. The van der Waals surface area contributed by atoms with E-state index in [2.05, 4.69) is 39.6 Å². The largest absolute Gasteiger partial charge is 0.480 e. The number of amides is 2. The number of piperidine rings is 2. The minimum Gasteiger partial charge on any atom is -0.480 e. The molecular formula is C27H29Cl3N4O3. The highest BCUT2D eigenvalue weighted by molar-refractivity contribution is 6.44. The maximum Gasteiger partial charge on any atom is 0.321 e. The molecule has 1 aromatic heterocycles. The third kappa shape index (κ3) is 5.55. The minimum absolute atomic E-state index is 0.0141. The predicted molar refractivity (Wildman–Crippen MR) is 148 cm³/mol. The van der Waals surface area contributed by atoms with Gasteiger partial charge in [-0.05, 0) is 74.4 Å². The number of urea groups is 1. The molecule has 1 atom stereocenters. The Bertz CT molecular complexity index is 1300. The Kier molecular flexibility index (Phi) is 7.86. The van der Waals surface area contributed by atoms with Gasteiger partial charge in [0.05, 0.1) is 20.8 Å². The molecular weight excluding hydrogens is 535 g/mol. The highest BCUT2D eigenvalue weighted by atomic mass is 35.5. The quantitative estimate of drug-likeness (QED) is 0.301. The molecule has 3 aromatic rings. The van der Waals surface area contributed by atoms with E-state index in [1.54, 1.807) is 4.90 Å². The monoisotopic (exact) mass is 562 g/mol. The Balaban J connectivity index is 1.18. The fraction of sp³-hybridized carbons (Fsp3) is 0.407. The molecule has 0 bridgehead atoms. The number of carbonyl (C=O) groups excluding carboxylic acids is 1. The van der Waals surface area contributed by atoms with Gasteiger partial charge in [-0.3, -0.25) is 9.69 Å². The molecule has 196 valence electrons. The summed E-state index contributed by atoms with van der Waals surface area (Å²) in [5.74, 6) is -0.378. The smallest absolute Gasteiger partial charge is 0.321 e. The number of likely N-dealkylation sites (tertiary alicyclic amines) is 2. The van der Waals surface area contributed by atoms with Crippen LogP contribution in [0, 0.1) is 5.92 Å². The molecule has 2 amide bonds. The predicted octanol–water partition coefficient (Wildman–Crippen LogP) is 6.70. The average Bonchev–Trinajstić information content (AvgIpc) is 3.32. The van der Waals surface area contributed by atoms with Crippen LogP contribution in [0.3, 0.4) is 0 Å². The lowest BCUT2D eigenvalue weighted by Gasteiger charge is -2.41. The second-order valence-electron chi connectivity index (χ2n) is 9.88. The molecule has 2 aliphatic rings. The van der Waals surface area contributed by atoms with Gasteiger partial charge in [0.15, 0.2) is 0 Å². The molecule has 2 aromatic carbocycles. The van der Waals surface area contributed by atoms with Crippen LogP contribution in [0.4, 0.5) is 10.5 Å². The van der Waals surface area contributed by atoms with Crippen LogP contribution in [0.15, 0.2) is 42.6 Å². The number of nitrogens with one attached hydrogen (secondary N) is 2. The lowest BCUT2D eigenvalue weighted by molar-refractivity contribution is -0.146. The van der Waals surface area contributed by atoms with Crippen molar-refractivity contribution in [2.45, 2.75) is 37.6 Å². The molecule has 0 aliphatic carbocycles. The third-order valence-electron chi connectivity index (χ3n) is 7.76. The van der Waals surface area contributed by atoms with E-state index in [-0.39, 0.29) is 11.9 Å². The Hall–Kier alpha value is -2.45. The van der Waals surface area contributed by atoms with Crippen molar-refractivity contribution in [3.05, 3.63) is 63.2 Å². The van der Waals surface area contributed by atoms with Crippen molar-refractivity contribution < 1.29 is 14.7 Å². The molecule has 3 N–H and O–H groups in total. The van der Waals surface area contributed by atoms with E-state index in [1.165, 1.54) is 23.1 Å². The summed E-state index contributed by atoms with van der Waals surface area (Å²) in [7, 11) is 0. The van der Waals surface area contributed by atoms with Crippen molar-refractivity contribution in [3.63, 3.8) is 0 Å². The maximum atomic E-state index is 12.8. The van der Waals surface area contributed by atoms with Crippen molar-refractivity contribution in [2.75, 3.05) is 31.5 Å². The number of carbonyl (C=O) groups is 2. The number of anilines is 1. The number of aromatic amines is 1. The Morgan fingerprint density at radius 1 is 0.946 bits per heavy atom. The number of H-pyrrole nitrogens is 1. The molecule has 0 radical (unpaired) electrons. The van der Waals surface area contributed by atoms with Crippen molar-refractivity contribution in [1.29, 1.82) is 0 Å². The standard InChI is InChI=1S/C27H29Cl3N4O3/c28-20-13-22(30)24(14-21(20)29)32-27(37)34-11-7-17(8-12-34)25(26(35)36)33-9-5-16(6-10-33)19-15-31-23-4-2-1-3-18(19)23/h1-4,13-17,25,31H,5-12H2,(H,32,37)(H,35,36). The summed E-state index contributed by atoms with van der Waals surface area (Å²) >= 11 is 18.2. The Morgan fingerprint density at radius 3 is 2.32 bits per heavy atom. The van der Waals surface area contributed by atoms with Crippen molar-refractivity contribution in [3.8, 4) is 0 Å². The number of benzene rings is 2. The molecule has 2 aliphatic heterocycles. The zero-order valence-electron chi connectivity index (χ0n) is 20.2. The van der Waals surface area contributed by atoms with Gasteiger partial charge in [-0.15, -0.1) is 0 Å². The topological polar surface area (TPSA) is 88.7 Å². The van der Waals surface area contributed by atoms with Gasteiger partial charge < -0.3 is 20.3 Å². The van der Waals surface area contributed by atoms with Crippen molar-refractivity contribution in [1.82, 2.24) is 14.8 Å². The van der Waals surface area contributed by atoms with Gasteiger partial charge in [-0.2, -0.15) is 0 Å². The molecule has 2 saturated heterocycles. The Labute approximate surface area is 230 Å². The number of nitrogens with zero attached hydrogens (tertiary/aromatic N) is 2. The number of aromatic nitrogens is 1. The highest BCUT2D eigenvalue weighted by Gasteiger charge is 2.38. The van der Waals surface area contributed by atoms with E-state index in [0.29, 0.717) is 52.6 Å². The van der Waals surface area contributed by atoms with Gasteiger partial charge >= 0.3 is 12.0 Å². The van der Waals surface area contributed by atoms with E-state index in [0.717, 1.165) is 31.4 Å². The van der Waals surface area contributed by atoms with Crippen LogP contribution in [-0.4, -0.2) is 64.1 Å². The van der Waals surface area contributed by atoms with Gasteiger partial charge in [0.1, 0.15) is 6.04 Å². The first-order valence-electron chi connectivity index (χ1n) is 12.5. The van der Waals surface area contributed by atoms with Gasteiger partial charge in [0.25, 0.3) is 0 Å². The number of carboxylic acids is 1. The van der Waals surface area contributed by atoms with Gasteiger partial charge in [-0.1, -0.05) is 53.0 Å². The first-order valence-corrected chi connectivity index (χ1v) is 13.7. The fourth-order valence-electron chi connectivity index (χ4n) is 5.81. The fourth-order valence-corrected chi connectivity index (χ4v) is 6.40. The van der Waals surface area contributed by atoms with Crippen LogP contribution in [-0.2, 0) is 4.79 Å². The zero-order valence-corrected chi connectivity index (χ0v) is 22.5. The number of carboxylic acid groups (broad SMARTS) is 1. The second kappa shape index (κ2) is 11.1. The minimum atomic E-state index is -0.781. The number of halogens is 3. The molecule has 0 saturated carbocycles. The molecule has 3 heterocycles. The van der Waals surface area contributed by atoms with Crippen molar-refractivity contribution >= 4 is 63.4 Å². The van der Waals surface area contributed by atoms with E-state index < -0.39 is 12.0 Å². The number of hydrogen-bond acceptors (Lipinski definition) is 3. The summed E-state index contributed by atoms with van der Waals surface area (Å²) < 4.78 is 0. The zero-order chi connectivity index (χ0) is 26.1. The van der Waals surface area contributed by atoms with Gasteiger partial charge in [0.2, 0.25) is 0 Å². The van der Waals surface area contributed by atoms with Crippen LogP contribution in [0.25, 0.3) is 10.9 Å². The molecule has 0 spiro atoms. The van der Waals surface area contributed by atoms with E-state index in [9.17, 15) is 14.7 Å². The number of para-hydroxylation sites is 1. The lowest BCUT2D eigenvalue weighted by atomic mass is 9.84. The van der Waals surface area contributed by atoms with Gasteiger partial charge in [0, 0.05) is 30.2 Å². The lowest BCUT2D eigenvalue weighted by Crippen LogP contribution is -2.52. The first-order chi connectivity index (χ1) is 17.8. The Morgan fingerprint density at radius 2 is 1.62 bits per heavy atom. The number of fused-ring (bicyclic) bond motifs is 1. The molecule has 37 heavy (non-hydrogen) atoms. The van der Waals surface area contributed by atoms with Crippen LogP contribution in [0.1, 0.15) is 37.2 Å². The molecule has 10 heteroatoms. The normalized spacial score (nSPS) is 18.7. The number of rotatable bonds is 5. The molecule has 7 nitrogen and oxygen atoms in total. The summed E-state index contributed by atoms with van der Waals surface area (Å²) in [5.41, 5.74) is 2.86. The SMILES string of the molecule is O=C(O)C(C1CCN(C(=O)Nc2cc(Cl)c(Cl)cc2Cl)CC1)N1CCC(c2c[nH]c3ccccc23)CC1. The maximum absolute atomic E-state index is 12.8. The number of hydrogen-bond donors (Lipinski definition) is 3. The average molecular weight is 564 g/mol. The number of aliphatic carboxylic acids is 1. The van der Waals surface area contributed by atoms with Crippen LogP contribution in [0.5, 0.6) is 0 Å². The molecule has 2 fully saturated rings. The summed E-state index contributed by atoms with van der Waals surface area (Å²) in [6, 6.07) is 10.5.